The first-order valence-electron chi connectivity index (χ1n) is 6.71. The fourth-order valence-corrected chi connectivity index (χ4v) is 3.93. The van der Waals surface area contributed by atoms with Gasteiger partial charge in [0.15, 0.2) is 0 Å². The second kappa shape index (κ2) is 6.03. The maximum absolute atomic E-state index is 12.2. The number of nitrogens with zero attached hydrogens (tertiary/aromatic N) is 1. The number of nitrogens with one attached hydrogen (secondary N) is 1. The minimum atomic E-state index is -0.428. The Hall–Kier alpha value is -1.24. The van der Waals surface area contributed by atoms with Crippen LogP contribution in [0.5, 0.6) is 0 Å². The van der Waals surface area contributed by atoms with E-state index in [9.17, 15) is 9.90 Å². The molecular weight excluding hydrogens is 292 g/mol. The van der Waals surface area contributed by atoms with Crippen LogP contribution in [0.4, 0.5) is 0 Å². The molecule has 2 aromatic heterocycles. The molecule has 20 heavy (non-hydrogen) atoms. The topological polar surface area (TPSA) is 62.2 Å². The van der Waals surface area contributed by atoms with Crippen molar-refractivity contribution in [1.29, 1.82) is 0 Å². The third kappa shape index (κ3) is 2.92. The predicted octanol–water partition coefficient (Wildman–Crippen LogP) is 2.90. The monoisotopic (exact) mass is 308 g/mol. The highest BCUT2D eigenvalue weighted by Gasteiger charge is 2.25. The zero-order chi connectivity index (χ0) is 13.9. The van der Waals surface area contributed by atoms with Gasteiger partial charge in [-0.25, -0.2) is 4.98 Å². The van der Waals surface area contributed by atoms with Crippen molar-refractivity contribution in [1.82, 2.24) is 10.3 Å². The molecule has 1 amide bonds. The second-order valence-corrected chi connectivity index (χ2v) is 6.62. The normalized spacial score (nSPS) is 22.6. The summed E-state index contributed by atoms with van der Waals surface area (Å²) in [7, 11) is 0. The number of amides is 1. The standard InChI is InChI=1S/C14H16N2O2S2/c17-12-4-2-1-3-10(12)15-13(18)11-8-20-14(16-11)9-5-6-19-7-9/h5-8,10,12,17H,1-4H2,(H,15,18)/t10-,12-/m0/s1. The number of carbonyl (C=O) groups is 1. The van der Waals surface area contributed by atoms with E-state index in [1.54, 1.807) is 16.7 Å². The number of carbonyl (C=O) groups excluding carboxylic acids is 1. The maximum atomic E-state index is 12.2. The highest BCUT2D eigenvalue weighted by Crippen LogP contribution is 2.26. The van der Waals surface area contributed by atoms with Gasteiger partial charge in [0.1, 0.15) is 10.7 Å². The molecule has 2 N–H and O–H groups in total. The van der Waals surface area contributed by atoms with Crippen LogP contribution in [-0.4, -0.2) is 28.1 Å². The second-order valence-electron chi connectivity index (χ2n) is 4.98. The van der Waals surface area contributed by atoms with Crippen LogP contribution in [0.25, 0.3) is 10.6 Å². The molecule has 0 spiro atoms. The molecule has 0 aliphatic heterocycles. The van der Waals surface area contributed by atoms with E-state index < -0.39 is 6.10 Å². The average Bonchev–Trinajstić information content (AvgIpc) is 3.11. The van der Waals surface area contributed by atoms with E-state index in [4.69, 9.17) is 0 Å². The molecule has 2 aromatic rings. The van der Waals surface area contributed by atoms with Crippen molar-refractivity contribution in [3.8, 4) is 10.6 Å². The Kier molecular flexibility index (Phi) is 4.14. The quantitative estimate of drug-likeness (QED) is 0.916. The Labute approximate surface area is 125 Å². The minimum Gasteiger partial charge on any atom is -0.391 e. The van der Waals surface area contributed by atoms with E-state index in [0.717, 1.165) is 36.3 Å². The number of aliphatic hydroxyl groups excluding tert-OH is 1. The SMILES string of the molecule is O=C(N[C@H]1CCCC[C@@H]1O)c1csc(-c2ccsc2)n1. The lowest BCUT2D eigenvalue weighted by Gasteiger charge is -2.27. The lowest BCUT2D eigenvalue weighted by molar-refractivity contribution is 0.0714. The molecule has 0 unspecified atom stereocenters. The zero-order valence-corrected chi connectivity index (χ0v) is 12.5. The van der Waals surface area contributed by atoms with Gasteiger partial charge in [-0.05, 0) is 24.3 Å². The number of thiophene rings is 1. The van der Waals surface area contributed by atoms with Gasteiger partial charge in [-0.3, -0.25) is 4.79 Å². The molecule has 2 atom stereocenters. The van der Waals surface area contributed by atoms with E-state index in [1.165, 1.54) is 11.3 Å². The third-order valence-electron chi connectivity index (χ3n) is 3.55. The van der Waals surface area contributed by atoms with Crippen molar-refractivity contribution in [2.45, 2.75) is 37.8 Å². The molecule has 1 aliphatic carbocycles. The molecule has 3 rings (SSSR count). The number of aromatic nitrogens is 1. The summed E-state index contributed by atoms with van der Waals surface area (Å²) in [6, 6.07) is 1.86. The molecule has 0 bridgehead atoms. The summed E-state index contributed by atoms with van der Waals surface area (Å²) in [6.45, 7) is 0. The molecule has 106 valence electrons. The van der Waals surface area contributed by atoms with E-state index in [-0.39, 0.29) is 11.9 Å². The first kappa shape index (κ1) is 13.7. The van der Waals surface area contributed by atoms with Crippen LogP contribution in [0.15, 0.2) is 22.2 Å². The van der Waals surface area contributed by atoms with E-state index in [1.807, 2.05) is 16.8 Å². The van der Waals surface area contributed by atoms with Gasteiger partial charge < -0.3 is 10.4 Å². The van der Waals surface area contributed by atoms with Crippen LogP contribution < -0.4 is 5.32 Å². The lowest BCUT2D eigenvalue weighted by atomic mass is 9.92. The number of hydrogen-bond donors (Lipinski definition) is 2. The summed E-state index contributed by atoms with van der Waals surface area (Å²) < 4.78 is 0. The van der Waals surface area contributed by atoms with Gasteiger partial charge >= 0.3 is 0 Å². The molecule has 0 radical (unpaired) electrons. The Morgan fingerprint density at radius 3 is 2.95 bits per heavy atom. The van der Waals surface area contributed by atoms with Crippen molar-refractivity contribution in [3.63, 3.8) is 0 Å². The smallest absolute Gasteiger partial charge is 0.271 e. The average molecular weight is 308 g/mol. The Morgan fingerprint density at radius 2 is 2.20 bits per heavy atom. The van der Waals surface area contributed by atoms with Crippen LogP contribution in [0.2, 0.25) is 0 Å². The van der Waals surface area contributed by atoms with Gasteiger partial charge in [0, 0.05) is 16.3 Å². The largest absolute Gasteiger partial charge is 0.391 e. The Morgan fingerprint density at radius 1 is 1.35 bits per heavy atom. The van der Waals surface area contributed by atoms with Gasteiger partial charge in [-0.15, -0.1) is 11.3 Å². The minimum absolute atomic E-state index is 0.137. The highest BCUT2D eigenvalue weighted by molar-refractivity contribution is 7.14. The van der Waals surface area contributed by atoms with Crippen molar-refractivity contribution >= 4 is 28.6 Å². The van der Waals surface area contributed by atoms with Crippen molar-refractivity contribution in [2.24, 2.45) is 0 Å². The van der Waals surface area contributed by atoms with Gasteiger partial charge in [0.2, 0.25) is 0 Å². The lowest BCUT2D eigenvalue weighted by Crippen LogP contribution is -2.45. The highest BCUT2D eigenvalue weighted by atomic mass is 32.1. The van der Waals surface area contributed by atoms with Crippen molar-refractivity contribution in [3.05, 3.63) is 27.9 Å². The Balaban J connectivity index is 1.68. The molecule has 6 heteroatoms. The molecule has 1 fully saturated rings. The van der Waals surface area contributed by atoms with Gasteiger partial charge in [-0.1, -0.05) is 12.8 Å². The predicted molar refractivity (Wildman–Crippen MR) is 81.2 cm³/mol. The van der Waals surface area contributed by atoms with Gasteiger partial charge in [0.05, 0.1) is 12.1 Å². The maximum Gasteiger partial charge on any atom is 0.271 e. The van der Waals surface area contributed by atoms with E-state index >= 15 is 0 Å². The molecule has 1 saturated carbocycles. The summed E-state index contributed by atoms with van der Waals surface area (Å²) in [5.74, 6) is -0.186. The number of aliphatic hydroxyl groups is 1. The molecule has 0 aromatic carbocycles. The molecule has 1 aliphatic rings. The number of thiazole rings is 1. The first-order chi connectivity index (χ1) is 9.74. The fraction of sp³-hybridized carbons (Fsp3) is 0.429. The van der Waals surface area contributed by atoms with Crippen LogP contribution in [-0.2, 0) is 0 Å². The summed E-state index contributed by atoms with van der Waals surface area (Å²) >= 11 is 3.08. The number of hydrogen-bond acceptors (Lipinski definition) is 5. The van der Waals surface area contributed by atoms with E-state index in [2.05, 4.69) is 10.3 Å². The molecule has 4 nitrogen and oxygen atoms in total. The van der Waals surface area contributed by atoms with Crippen LogP contribution >= 0.6 is 22.7 Å². The zero-order valence-electron chi connectivity index (χ0n) is 10.9. The van der Waals surface area contributed by atoms with Crippen LogP contribution in [0.3, 0.4) is 0 Å². The third-order valence-corrected chi connectivity index (χ3v) is 5.13. The fourth-order valence-electron chi connectivity index (χ4n) is 2.42. The van der Waals surface area contributed by atoms with Gasteiger partial charge in [0.25, 0.3) is 5.91 Å². The van der Waals surface area contributed by atoms with Crippen LogP contribution in [0, 0.1) is 0 Å². The molecule has 0 saturated heterocycles. The summed E-state index contributed by atoms with van der Waals surface area (Å²) in [5.41, 5.74) is 1.49. The summed E-state index contributed by atoms with van der Waals surface area (Å²) in [5, 5.41) is 19.4. The van der Waals surface area contributed by atoms with Crippen LogP contribution in [0.1, 0.15) is 36.2 Å². The van der Waals surface area contributed by atoms with Crippen molar-refractivity contribution < 1.29 is 9.90 Å². The van der Waals surface area contributed by atoms with Gasteiger partial charge in [-0.2, -0.15) is 11.3 Å². The molecule has 2 heterocycles. The van der Waals surface area contributed by atoms with Crippen molar-refractivity contribution in [2.75, 3.05) is 0 Å². The first-order valence-corrected chi connectivity index (χ1v) is 8.53. The van der Waals surface area contributed by atoms with E-state index in [0.29, 0.717) is 5.69 Å². The summed E-state index contributed by atoms with van der Waals surface area (Å²) in [4.78, 5) is 16.5. The number of rotatable bonds is 3. The summed E-state index contributed by atoms with van der Waals surface area (Å²) in [6.07, 6.45) is 3.27. The molecular formula is C14H16N2O2S2. The Bertz CT molecular complexity index is 580.